The number of hydrogen-bond donors (Lipinski definition) is 1. The largest absolute Gasteiger partial charge is 0.507 e. The van der Waals surface area contributed by atoms with Gasteiger partial charge >= 0.3 is 0 Å². The lowest BCUT2D eigenvalue weighted by molar-refractivity contribution is 0.252. The lowest BCUT2D eigenvalue weighted by atomic mass is 9.82. The summed E-state index contributed by atoms with van der Waals surface area (Å²) in [5.41, 5.74) is 2.34. The van der Waals surface area contributed by atoms with Crippen LogP contribution in [0.5, 0.6) is 5.75 Å². The molecule has 3 aliphatic heterocycles. The molecule has 2 bridgehead atoms. The van der Waals surface area contributed by atoms with Crippen LogP contribution in [0.15, 0.2) is 30.5 Å². The maximum Gasteiger partial charge on any atom is 0.123 e. The van der Waals surface area contributed by atoms with Crippen molar-refractivity contribution in [2.24, 2.45) is 5.92 Å². The lowest BCUT2D eigenvalue weighted by Crippen LogP contribution is -2.35. The Morgan fingerprint density at radius 1 is 1.13 bits per heavy atom. The van der Waals surface area contributed by atoms with Crippen molar-refractivity contribution in [3.05, 3.63) is 36.0 Å². The van der Waals surface area contributed by atoms with Gasteiger partial charge in [-0.25, -0.2) is 0 Å². The second kappa shape index (κ2) is 3.30. The van der Waals surface area contributed by atoms with Crippen LogP contribution in [-0.2, 0) is 0 Å². The number of hydrogen-bond acceptors (Lipinski definition) is 2. The zero-order valence-corrected chi connectivity index (χ0v) is 8.69. The molecule has 2 nitrogen and oxygen atoms in total. The number of phenolic OH excluding ortho intramolecular Hbond substituents is 1. The van der Waals surface area contributed by atoms with Gasteiger partial charge in [0.2, 0.25) is 0 Å². The van der Waals surface area contributed by atoms with Crippen molar-refractivity contribution >= 4 is 5.57 Å². The van der Waals surface area contributed by atoms with Crippen molar-refractivity contribution in [2.75, 3.05) is 13.1 Å². The summed E-state index contributed by atoms with van der Waals surface area (Å²) < 4.78 is 0. The smallest absolute Gasteiger partial charge is 0.123 e. The monoisotopic (exact) mass is 201 g/mol. The zero-order chi connectivity index (χ0) is 10.3. The molecule has 0 amide bonds. The van der Waals surface area contributed by atoms with E-state index < -0.39 is 0 Å². The minimum Gasteiger partial charge on any atom is -0.507 e. The highest BCUT2D eigenvalue weighted by Gasteiger charge is 2.28. The van der Waals surface area contributed by atoms with Crippen LogP contribution in [0.4, 0.5) is 0 Å². The van der Waals surface area contributed by atoms with E-state index in [0.717, 1.165) is 5.56 Å². The molecular formula is C13H15NO. The van der Waals surface area contributed by atoms with Crippen molar-refractivity contribution < 1.29 is 5.11 Å². The molecule has 0 spiro atoms. The van der Waals surface area contributed by atoms with Gasteiger partial charge < -0.3 is 10.0 Å². The molecule has 1 fully saturated rings. The van der Waals surface area contributed by atoms with Gasteiger partial charge in [0.15, 0.2) is 0 Å². The SMILES string of the molecule is Oc1ccccc1C1=CN2CCC1CC2. The van der Waals surface area contributed by atoms with Crippen LogP contribution >= 0.6 is 0 Å². The number of benzene rings is 1. The van der Waals surface area contributed by atoms with Gasteiger partial charge in [-0.15, -0.1) is 0 Å². The fourth-order valence-electron chi connectivity index (χ4n) is 2.65. The van der Waals surface area contributed by atoms with Crippen LogP contribution in [0.2, 0.25) is 0 Å². The Labute approximate surface area is 89.8 Å². The van der Waals surface area contributed by atoms with E-state index in [1.807, 2.05) is 18.2 Å². The molecule has 0 atom stereocenters. The second-order valence-corrected chi connectivity index (χ2v) is 4.41. The van der Waals surface area contributed by atoms with Crippen molar-refractivity contribution in [2.45, 2.75) is 12.8 Å². The minimum absolute atomic E-state index is 0.414. The average molecular weight is 201 g/mol. The molecule has 1 N–H and O–H groups in total. The predicted octanol–water partition coefficient (Wildman–Crippen LogP) is 2.46. The first-order valence-corrected chi connectivity index (χ1v) is 5.59. The van der Waals surface area contributed by atoms with Crippen LogP contribution in [-0.4, -0.2) is 23.1 Å². The van der Waals surface area contributed by atoms with Gasteiger partial charge in [-0.1, -0.05) is 18.2 Å². The van der Waals surface area contributed by atoms with E-state index in [1.165, 1.54) is 31.5 Å². The molecule has 0 saturated carbocycles. The molecule has 0 radical (unpaired) electrons. The van der Waals surface area contributed by atoms with E-state index >= 15 is 0 Å². The third kappa shape index (κ3) is 1.41. The Hall–Kier alpha value is -1.44. The normalized spacial score (nSPS) is 20.5. The number of phenols is 1. The molecule has 1 aromatic rings. The summed E-state index contributed by atoms with van der Waals surface area (Å²) in [5, 5.41) is 9.83. The highest BCUT2D eigenvalue weighted by molar-refractivity contribution is 5.72. The maximum absolute atomic E-state index is 9.83. The Kier molecular flexibility index (Phi) is 1.94. The number of nitrogens with zero attached hydrogens (tertiary/aromatic N) is 1. The van der Waals surface area contributed by atoms with E-state index in [9.17, 15) is 5.11 Å². The van der Waals surface area contributed by atoms with Crippen LogP contribution < -0.4 is 0 Å². The Morgan fingerprint density at radius 2 is 1.87 bits per heavy atom. The summed E-state index contributed by atoms with van der Waals surface area (Å²) in [6, 6.07) is 7.66. The average Bonchev–Trinajstić information content (AvgIpc) is 2.31. The van der Waals surface area contributed by atoms with Crippen LogP contribution in [0.1, 0.15) is 18.4 Å². The number of fused-ring (bicyclic) bond motifs is 2. The second-order valence-electron chi connectivity index (χ2n) is 4.41. The highest BCUT2D eigenvalue weighted by Crippen LogP contribution is 2.39. The predicted molar refractivity (Wildman–Crippen MR) is 60.4 cm³/mol. The zero-order valence-electron chi connectivity index (χ0n) is 8.69. The molecule has 0 aromatic heterocycles. The van der Waals surface area contributed by atoms with Gasteiger partial charge in [-0.05, 0) is 30.4 Å². The molecule has 3 aliphatic rings. The molecule has 2 heteroatoms. The van der Waals surface area contributed by atoms with Gasteiger partial charge in [0, 0.05) is 24.9 Å². The molecule has 78 valence electrons. The van der Waals surface area contributed by atoms with Gasteiger partial charge in [0.25, 0.3) is 0 Å². The van der Waals surface area contributed by atoms with Gasteiger partial charge in [0.05, 0.1) is 0 Å². The molecule has 0 unspecified atom stereocenters. The first-order valence-electron chi connectivity index (χ1n) is 5.59. The fraction of sp³-hybridized carbons (Fsp3) is 0.385. The number of para-hydroxylation sites is 1. The standard InChI is InChI=1S/C13H15NO/c15-13-4-2-1-3-11(13)12-9-14-7-5-10(12)6-8-14/h1-4,9-10,15H,5-8H2. The summed E-state index contributed by atoms with van der Waals surface area (Å²) in [4.78, 5) is 2.36. The molecular weight excluding hydrogens is 186 g/mol. The molecule has 4 rings (SSSR count). The molecule has 1 saturated heterocycles. The van der Waals surface area contributed by atoms with Gasteiger partial charge in [0.1, 0.15) is 5.75 Å². The van der Waals surface area contributed by atoms with Crippen LogP contribution in [0, 0.1) is 5.92 Å². The first-order chi connectivity index (χ1) is 7.34. The summed E-state index contributed by atoms with van der Waals surface area (Å²) in [6.45, 7) is 2.36. The van der Waals surface area contributed by atoms with Crippen molar-refractivity contribution in [3.8, 4) is 5.75 Å². The van der Waals surface area contributed by atoms with E-state index in [4.69, 9.17) is 0 Å². The third-order valence-corrected chi connectivity index (χ3v) is 3.51. The van der Waals surface area contributed by atoms with E-state index in [-0.39, 0.29) is 0 Å². The molecule has 0 aliphatic carbocycles. The van der Waals surface area contributed by atoms with Crippen molar-refractivity contribution in [1.82, 2.24) is 4.90 Å². The van der Waals surface area contributed by atoms with Crippen LogP contribution in [0.25, 0.3) is 5.57 Å². The van der Waals surface area contributed by atoms with E-state index in [1.54, 1.807) is 6.07 Å². The number of aromatic hydroxyl groups is 1. The van der Waals surface area contributed by atoms with Crippen molar-refractivity contribution in [3.63, 3.8) is 0 Å². The molecule has 1 aromatic carbocycles. The quantitative estimate of drug-likeness (QED) is 0.754. The minimum atomic E-state index is 0.414. The maximum atomic E-state index is 9.83. The lowest BCUT2D eigenvalue weighted by Gasteiger charge is -2.39. The molecule has 15 heavy (non-hydrogen) atoms. The number of allylic oxidation sites excluding steroid dienone is 1. The summed E-state index contributed by atoms with van der Waals surface area (Å²) in [6.07, 6.45) is 4.70. The van der Waals surface area contributed by atoms with E-state index in [0.29, 0.717) is 11.7 Å². The third-order valence-electron chi connectivity index (χ3n) is 3.51. The fourth-order valence-corrected chi connectivity index (χ4v) is 2.65. The Morgan fingerprint density at radius 3 is 2.47 bits per heavy atom. The van der Waals surface area contributed by atoms with E-state index in [2.05, 4.69) is 11.1 Å². The topological polar surface area (TPSA) is 23.5 Å². The summed E-state index contributed by atoms with van der Waals surface area (Å²) in [7, 11) is 0. The van der Waals surface area contributed by atoms with Gasteiger partial charge in [-0.3, -0.25) is 0 Å². The summed E-state index contributed by atoms with van der Waals surface area (Å²) >= 11 is 0. The van der Waals surface area contributed by atoms with Gasteiger partial charge in [-0.2, -0.15) is 0 Å². The summed E-state index contributed by atoms with van der Waals surface area (Å²) in [5.74, 6) is 1.07. The Balaban J connectivity index is 2.04. The van der Waals surface area contributed by atoms with Crippen LogP contribution in [0.3, 0.4) is 0 Å². The van der Waals surface area contributed by atoms with Crippen molar-refractivity contribution in [1.29, 1.82) is 0 Å². The number of piperidine rings is 1. The first kappa shape index (κ1) is 8.84. The Bertz CT molecular complexity index is 403. The highest BCUT2D eigenvalue weighted by atomic mass is 16.3. The molecule has 3 heterocycles. The number of rotatable bonds is 1.